The van der Waals surface area contributed by atoms with Crippen molar-refractivity contribution in [1.82, 2.24) is 44.9 Å². The van der Waals surface area contributed by atoms with Crippen LogP contribution in [0.3, 0.4) is 0 Å². The number of amides is 2. The predicted molar refractivity (Wildman–Crippen MR) is 160 cm³/mol. The number of fused-ring (bicyclic) bond motifs is 2. The highest BCUT2D eigenvalue weighted by Crippen LogP contribution is 2.30. The first-order valence-electron chi connectivity index (χ1n) is 14.5. The maximum atomic E-state index is 13.2. The lowest BCUT2D eigenvalue weighted by atomic mass is 10.0. The number of carbonyl (C=O) groups excluding carboxylic acids is 2. The lowest BCUT2D eigenvalue weighted by Gasteiger charge is -2.29. The number of rotatable bonds is 6. The summed E-state index contributed by atoms with van der Waals surface area (Å²) in [6, 6.07) is 6.25. The second kappa shape index (κ2) is 11.0. The summed E-state index contributed by atoms with van der Waals surface area (Å²) in [6.07, 6.45) is 14.4. The van der Waals surface area contributed by atoms with Crippen molar-refractivity contribution >= 4 is 34.1 Å². The van der Waals surface area contributed by atoms with E-state index in [1.807, 2.05) is 41.5 Å². The monoisotopic (exact) mass is 566 g/mol. The van der Waals surface area contributed by atoms with Crippen LogP contribution in [-0.4, -0.2) is 85.3 Å². The largest absolute Gasteiger partial charge is 0.349 e. The van der Waals surface area contributed by atoms with Gasteiger partial charge >= 0.3 is 0 Å². The Morgan fingerprint density at radius 1 is 1.00 bits per heavy atom. The Morgan fingerprint density at radius 3 is 2.67 bits per heavy atom. The first-order chi connectivity index (χ1) is 20.5. The lowest BCUT2D eigenvalue weighted by molar-refractivity contribution is 0.0918. The third kappa shape index (κ3) is 5.14. The standard InChI is InChI=1S/C30H34N10O2/c1-38-9-5-21(6-10-38)36-30(42)26-17-35-39-11-4-19(13-27(26)39)25-16-33-28-24(25)12-20(14-32-28)29(41)37-22-15-34-40(18-22)23-2-7-31-8-3-23/h4,11-18,21,23,31H,2-3,5-10H2,1H3,(H,32,33)(H,36,42)(H,37,41). The first kappa shape index (κ1) is 26.4. The number of nitrogens with zero attached hydrogens (tertiary/aromatic N) is 6. The molecule has 0 aliphatic carbocycles. The Morgan fingerprint density at radius 2 is 1.83 bits per heavy atom. The number of nitrogens with one attached hydrogen (secondary N) is 4. The quantitative estimate of drug-likeness (QED) is 0.248. The zero-order chi connectivity index (χ0) is 28.6. The molecule has 0 radical (unpaired) electrons. The summed E-state index contributed by atoms with van der Waals surface area (Å²) in [7, 11) is 2.10. The van der Waals surface area contributed by atoms with Gasteiger partial charge in [-0.15, -0.1) is 0 Å². The van der Waals surface area contributed by atoms with Crippen LogP contribution in [0, 0.1) is 0 Å². The summed E-state index contributed by atoms with van der Waals surface area (Å²) in [4.78, 5) is 36.4. The Hall–Kier alpha value is -4.55. The van der Waals surface area contributed by atoms with Crippen molar-refractivity contribution in [3.8, 4) is 11.1 Å². The molecule has 12 heteroatoms. The lowest BCUT2D eigenvalue weighted by Crippen LogP contribution is -2.43. The second-order valence-corrected chi connectivity index (χ2v) is 11.3. The van der Waals surface area contributed by atoms with E-state index in [1.54, 1.807) is 23.1 Å². The molecular weight excluding hydrogens is 532 g/mol. The van der Waals surface area contributed by atoms with Gasteiger partial charge in [0.2, 0.25) is 0 Å². The van der Waals surface area contributed by atoms with Gasteiger partial charge in [-0.05, 0) is 82.7 Å². The Labute approximate surface area is 242 Å². The Kier molecular flexibility index (Phi) is 6.92. The molecule has 2 aliphatic heterocycles. The zero-order valence-corrected chi connectivity index (χ0v) is 23.5. The van der Waals surface area contributed by atoms with Crippen LogP contribution < -0.4 is 16.0 Å². The van der Waals surface area contributed by atoms with Gasteiger partial charge < -0.3 is 25.8 Å². The molecule has 2 amide bonds. The SMILES string of the molecule is CN1CCC(NC(=O)c2cnn3ccc(-c4c[nH]c5ncc(C(=O)Nc6cnn(C7CCNCC7)c6)cc45)cc23)CC1. The van der Waals surface area contributed by atoms with Crippen molar-refractivity contribution in [2.24, 2.45) is 0 Å². The first-order valence-corrected chi connectivity index (χ1v) is 14.5. The highest BCUT2D eigenvalue weighted by atomic mass is 16.2. The van der Waals surface area contributed by atoms with Gasteiger partial charge in [-0.25, -0.2) is 9.50 Å². The second-order valence-electron chi connectivity index (χ2n) is 11.3. The molecule has 0 spiro atoms. The summed E-state index contributed by atoms with van der Waals surface area (Å²) in [5.41, 5.74) is 4.82. The Balaban J connectivity index is 1.12. The van der Waals surface area contributed by atoms with Crippen LogP contribution >= 0.6 is 0 Å². The van der Waals surface area contributed by atoms with Gasteiger partial charge in [-0.3, -0.25) is 14.3 Å². The average molecular weight is 567 g/mol. The third-order valence-corrected chi connectivity index (χ3v) is 8.47. The van der Waals surface area contributed by atoms with E-state index < -0.39 is 0 Å². The molecule has 2 fully saturated rings. The van der Waals surface area contributed by atoms with Gasteiger partial charge in [0.25, 0.3) is 11.8 Å². The van der Waals surface area contributed by atoms with E-state index in [9.17, 15) is 9.59 Å². The fraction of sp³-hybridized carbons (Fsp3) is 0.367. The molecule has 2 saturated heterocycles. The van der Waals surface area contributed by atoms with Gasteiger partial charge in [0.1, 0.15) is 5.65 Å². The summed E-state index contributed by atoms with van der Waals surface area (Å²) >= 11 is 0. The third-order valence-electron chi connectivity index (χ3n) is 8.47. The molecule has 0 atom stereocenters. The number of likely N-dealkylation sites (tertiary alicyclic amines) is 1. The van der Waals surface area contributed by atoms with Crippen molar-refractivity contribution in [2.75, 3.05) is 38.5 Å². The predicted octanol–water partition coefficient (Wildman–Crippen LogP) is 3.07. The van der Waals surface area contributed by atoms with Gasteiger partial charge in [0, 0.05) is 41.8 Å². The Bertz CT molecular complexity index is 1750. The van der Waals surface area contributed by atoms with Crippen LogP contribution in [0.2, 0.25) is 0 Å². The molecule has 0 aromatic carbocycles. The summed E-state index contributed by atoms with van der Waals surface area (Å²) in [5, 5.41) is 19.2. The topological polar surface area (TPSA) is 137 Å². The van der Waals surface area contributed by atoms with Crippen LogP contribution in [0.4, 0.5) is 5.69 Å². The van der Waals surface area contributed by atoms with Gasteiger partial charge in [-0.2, -0.15) is 10.2 Å². The molecule has 7 heterocycles. The number of H-pyrrole nitrogens is 1. The molecule has 5 aromatic heterocycles. The molecule has 2 aliphatic rings. The van der Waals surface area contributed by atoms with E-state index in [4.69, 9.17) is 0 Å². The minimum Gasteiger partial charge on any atom is -0.349 e. The fourth-order valence-corrected chi connectivity index (χ4v) is 5.98. The average Bonchev–Trinajstić information content (AvgIpc) is 3.76. The fourth-order valence-electron chi connectivity index (χ4n) is 5.98. The molecule has 5 aromatic rings. The van der Waals surface area contributed by atoms with E-state index >= 15 is 0 Å². The van der Waals surface area contributed by atoms with E-state index in [0.29, 0.717) is 28.5 Å². The van der Waals surface area contributed by atoms with Crippen molar-refractivity contribution < 1.29 is 9.59 Å². The number of hydrogen-bond donors (Lipinski definition) is 4. The zero-order valence-electron chi connectivity index (χ0n) is 23.5. The number of aromatic nitrogens is 6. The number of aromatic amines is 1. The molecule has 216 valence electrons. The number of anilines is 1. The number of hydrogen-bond acceptors (Lipinski definition) is 7. The van der Waals surface area contributed by atoms with Crippen LogP contribution in [-0.2, 0) is 0 Å². The normalized spacial score (nSPS) is 17.2. The summed E-state index contributed by atoms with van der Waals surface area (Å²) < 4.78 is 3.65. The molecule has 0 saturated carbocycles. The van der Waals surface area contributed by atoms with Crippen molar-refractivity contribution in [2.45, 2.75) is 37.8 Å². The minimum atomic E-state index is -0.250. The highest BCUT2D eigenvalue weighted by molar-refractivity contribution is 6.07. The molecule has 0 unspecified atom stereocenters. The summed E-state index contributed by atoms with van der Waals surface area (Å²) in [5.74, 6) is -0.361. The van der Waals surface area contributed by atoms with Crippen molar-refractivity contribution in [3.63, 3.8) is 0 Å². The molecular formula is C30H34N10O2. The number of piperidine rings is 2. The maximum absolute atomic E-state index is 13.2. The molecule has 0 bridgehead atoms. The highest BCUT2D eigenvalue weighted by Gasteiger charge is 2.22. The van der Waals surface area contributed by atoms with Crippen LogP contribution in [0.1, 0.15) is 52.4 Å². The maximum Gasteiger partial charge on any atom is 0.257 e. The van der Waals surface area contributed by atoms with E-state index in [-0.39, 0.29) is 17.9 Å². The molecule has 12 nitrogen and oxygen atoms in total. The van der Waals surface area contributed by atoms with Crippen LogP contribution in [0.5, 0.6) is 0 Å². The number of carbonyl (C=O) groups is 2. The van der Waals surface area contributed by atoms with Crippen LogP contribution in [0.25, 0.3) is 27.7 Å². The number of pyridine rings is 2. The smallest absolute Gasteiger partial charge is 0.257 e. The van der Waals surface area contributed by atoms with E-state index in [0.717, 1.165) is 73.9 Å². The van der Waals surface area contributed by atoms with Crippen molar-refractivity contribution in [1.29, 1.82) is 0 Å². The van der Waals surface area contributed by atoms with Gasteiger partial charge in [0.05, 0.1) is 40.8 Å². The van der Waals surface area contributed by atoms with Crippen molar-refractivity contribution in [3.05, 3.63) is 66.5 Å². The van der Waals surface area contributed by atoms with E-state index in [2.05, 4.69) is 48.1 Å². The summed E-state index contributed by atoms with van der Waals surface area (Å²) in [6.45, 7) is 3.89. The molecule has 4 N–H and O–H groups in total. The van der Waals surface area contributed by atoms with Gasteiger partial charge in [0.15, 0.2) is 0 Å². The minimum absolute atomic E-state index is 0.111. The molecule has 42 heavy (non-hydrogen) atoms. The molecule has 7 rings (SSSR count). The van der Waals surface area contributed by atoms with Crippen LogP contribution in [0.15, 0.2) is 55.4 Å². The van der Waals surface area contributed by atoms with Gasteiger partial charge in [-0.1, -0.05) is 0 Å². The van der Waals surface area contributed by atoms with E-state index in [1.165, 1.54) is 0 Å².